The van der Waals surface area contributed by atoms with Crippen molar-refractivity contribution in [2.24, 2.45) is 0 Å². The molecule has 3 nitrogen and oxygen atoms in total. The number of benzene rings is 1. The summed E-state index contributed by atoms with van der Waals surface area (Å²) in [6, 6.07) is 10.5. The van der Waals surface area contributed by atoms with Crippen LogP contribution in [0.15, 0.2) is 30.3 Å². The van der Waals surface area contributed by atoms with Gasteiger partial charge in [0, 0.05) is 12.1 Å². The molecule has 16 heavy (non-hydrogen) atoms. The molecule has 2 atom stereocenters. The lowest BCUT2D eigenvalue weighted by Gasteiger charge is -2.19. The summed E-state index contributed by atoms with van der Waals surface area (Å²) < 4.78 is 4.63. The minimum atomic E-state index is -0.180. The van der Waals surface area contributed by atoms with E-state index in [1.165, 1.54) is 12.7 Å². The number of methoxy groups -OCH3 is 1. The summed E-state index contributed by atoms with van der Waals surface area (Å²) in [4.78, 5) is 11.1. The van der Waals surface area contributed by atoms with Crippen LogP contribution >= 0.6 is 0 Å². The van der Waals surface area contributed by atoms with Gasteiger partial charge in [0.25, 0.3) is 0 Å². The fourth-order valence-corrected chi connectivity index (χ4v) is 1.66. The van der Waals surface area contributed by atoms with E-state index >= 15 is 0 Å². The summed E-state index contributed by atoms with van der Waals surface area (Å²) in [5, 5.41) is 3.36. The van der Waals surface area contributed by atoms with Crippen LogP contribution < -0.4 is 5.32 Å². The minimum absolute atomic E-state index is 0.114. The lowest BCUT2D eigenvalue weighted by atomic mass is 10.1. The standard InChI is InChI=1S/C13H19NO2/c1-10(9-13(15)16-3)14-11(2)12-7-5-4-6-8-12/h4-8,10-11,14H,9H2,1-3H3/t10?,11-/m1/s1. The number of rotatable bonds is 5. The van der Waals surface area contributed by atoms with Crippen LogP contribution in [0, 0.1) is 0 Å². The van der Waals surface area contributed by atoms with Crippen molar-refractivity contribution in [3.63, 3.8) is 0 Å². The molecule has 1 unspecified atom stereocenters. The third kappa shape index (κ3) is 4.03. The third-order valence-corrected chi connectivity index (χ3v) is 2.53. The molecular formula is C13H19NO2. The molecule has 1 N–H and O–H groups in total. The van der Waals surface area contributed by atoms with E-state index in [1.807, 2.05) is 25.1 Å². The number of nitrogens with one attached hydrogen (secondary N) is 1. The topological polar surface area (TPSA) is 38.3 Å². The zero-order valence-corrected chi connectivity index (χ0v) is 10.1. The Morgan fingerprint density at radius 2 is 1.94 bits per heavy atom. The van der Waals surface area contributed by atoms with Crippen molar-refractivity contribution in [1.29, 1.82) is 0 Å². The molecule has 0 fully saturated rings. The Labute approximate surface area is 96.8 Å². The summed E-state index contributed by atoms with van der Waals surface area (Å²) >= 11 is 0. The number of ether oxygens (including phenoxy) is 1. The van der Waals surface area contributed by atoms with Gasteiger partial charge in [0.15, 0.2) is 0 Å². The Hall–Kier alpha value is -1.35. The van der Waals surface area contributed by atoms with Crippen molar-refractivity contribution < 1.29 is 9.53 Å². The van der Waals surface area contributed by atoms with E-state index in [0.717, 1.165) is 0 Å². The van der Waals surface area contributed by atoms with Crippen LogP contribution in [0.3, 0.4) is 0 Å². The Morgan fingerprint density at radius 1 is 1.31 bits per heavy atom. The van der Waals surface area contributed by atoms with E-state index in [4.69, 9.17) is 0 Å². The average molecular weight is 221 g/mol. The van der Waals surface area contributed by atoms with E-state index in [9.17, 15) is 4.79 Å². The highest BCUT2D eigenvalue weighted by Gasteiger charge is 2.12. The van der Waals surface area contributed by atoms with Gasteiger partial charge in [-0.3, -0.25) is 4.79 Å². The maximum absolute atomic E-state index is 11.1. The maximum atomic E-state index is 11.1. The molecule has 88 valence electrons. The first-order chi connectivity index (χ1) is 7.63. The summed E-state index contributed by atoms with van der Waals surface area (Å²) in [5.74, 6) is -0.180. The summed E-state index contributed by atoms with van der Waals surface area (Å²) in [7, 11) is 1.41. The Balaban J connectivity index is 2.45. The largest absolute Gasteiger partial charge is 0.469 e. The van der Waals surface area contributed by atoms with Crippen molar-refractivity contribution in [3.05, 3.63) is 35.9 Å². The number of carbonyl (C=O) groups is 1. The van der Waals surface area contributed by atoms with E-state index < -0.39 is 0 Å². The quantitative estimate of drug-likeness (QED) is 0.775. The van der Waals surface area contributed by atoms with Crippen LogP contribution in [-0.2, 0) is 9.53 Å². The van der Waals surface area contributed by atoms with E-state index in [2.05, 4.69) is 29.1 Å². The smallest absolute Gasteiger partial charge is 0.307 e. The lowest BCUT2D eigenvalue weighted by Crippen LogP contribution is -2.31. The summed E-state index contributed by atoms with van der Waals surface area (Å²) in [6.07, 6.45) is 0.397. The highest BCUT2D eigenvalue weighted by molar-refractivity contribution is 5.69. The van der Waals surface area contributed by atoms with Crippen molar-refractivity contribution in [3.8, 4) is 0 Å². The van der Waals surface area contributed by atoms with Crippen LogP contribution in [-0.4, -0.2) is 19.1 Å². The Morgan fingerprint density at radius 3 is 2.50 bits per heavy atom. The molecule has 0 bridgehead atoms. The highest BCUT2D eigenvalue weighted by atomic mass is 16.5. The predicted octanol–water partition coefficient (Wildman–Crippen LogP) is 2.29. The van der Waals surface area contributed by atoms with Gasteiger partial charge in [0.1, 0.15) is 0 Å². The Bertz CT molecular complexity index is 324. The molecule has 1 aromatic carbocycles. The molecule has 0 aliphatic rings. The fourth-order valence-electron chi connectivity index (χ4n) is 1.66. The van der Waals surface area contributed by atoms with Crippen LogP contribution in [0.2, 0.25) is 0 Å². The van der Waals surface area contributed by atoms with Crippen LogP contribution in [0.5, 0.6) is 0 Å². The van der Waals surface area contributed by atoms with Gasteiger partial charge in [-0.1, -0.05) is 30.3 Å². The summed E-state index contributed by atoms with van der Waals surface area (Å²) in [5.41, 5.74) is 1.22. The van der Waals surface area contributed by atoms with Crippen molar-refractivity contribution in [2.75, 3.05) is 7.11 Å². The first-order valence-corrected chi connectivity index (χ1v) is 5.51. The zero-order valence-electron chi connectivity index (χ0n) is 10.1. The molecule has 0 saturated carbocycles. The molecule has 3 heteroatoms. The molecule has 1 rings (SSSR count). The molecule has 0 aliphatic carbocycles. The minimum Gasteiger partial charge on any atom is -0.469 e. The number of hydrogen-bond acceptors (Lipinski definition) is 3. The molecule has 0 heterocycles. The van der Waals surface area contributed by atoms with Gasteiger partial charge in [-0.15, -0.1) is 0 Å². The third-order valence-electron chi connectivity index (χ3n) is 2.53. The van der Waals surface area contributed by atoms with Crippen molar-refractivity contribution in [1.82, 2.24) is 5.32 Å². The molecular weight excluding hydrogens is 202 g/mol. The Kier molecular flexibility index (Phi) is 4.99. The number of hydrogen-bond donors (Lipinski definition) is 1. The molecule has 0 spiro atoms. The molecule has 0 amide bonds. The van der Waals surface area contributed by atoms with Gasteiger partial charge in [0.05, 0.1) is 13.5 Å². The second-order valence-corrected chi connectivity index (χ2v) is 3.98. The monoisotopic (exact) mass is 221 g/mol. The molecule has 0 radical (unpaired) electrons. The first kappa shape index (κ1) is 12.7. The van der Waals surface area contributed by atoms with Gasteiger partial charge in [-0.05, 0) is 19.4 Å². The maximum Gasteiger partial charge on any atom is 0.307 e. The lowest BCUT2D eigenvalue weighted by molar-refractivity contribution is -0.141. The predicted molar refractivity (Wildman–Crippen MR) is 64.1 cm³/mol. The first-order valence-electron chi connectivity index (χ1n) is 5.51. The summed E-state index contributed by atoms with van der Waals surface area (Å²) in [6.45, 7) is 4.07. The number of carbonyl (C=O) groups excluding carboxylic acids is 1. The van der Waals surface area contributed by atoms with E-state index in [-0.39, 0.29) is 18.1 Å². The van der Waals surface area contributed by atoms with Gasteiger partial charge in [-0.25, -0.2) is 0 Å². The van der Waals surface area contributed by atoms with E-state index in [1.54, 1.807) is 0 Å². The van der Waals surface area contributed by atoms with Gasteiger partial charge >= 0.3 is 5.97 Å². The van der Waals surface area contributed by atoms with Gasteiger partial charge in [-0.2, -0.15) is 0 Å². The SMILES string of the molecule is COC(=O)CC(C)N[C@H](C)c1ccccc1. The van der Waals surface area contributed by atoms with Gasteiger partial charge in [0.2, 0.25) is 0 Å². The zero-order chi connectivity index (χ0) is 12.0. The molecule has 0 aliphatic heterocycles. The van der Waals surface area contributed by atoms with Crippen LogP contribution in [0.4, 0.5) is 0 Å². The fraction of sp³-hybridized carbons (Fsp3) is 0.462. The normalized spacial score (nSPS) is 14.2. The average Bonchev–Trinajstić information content (AvgIpc) is 2.29. The van der Waals surface area contributed by atoms with Crippen LogP contribution in [0.25, 0.3) is 0 Å². The number of esters is 1. The van der Waals surface area contributed by atoms with Crippen LogP contribution in [0.1, 0.15) is 31.9 Å². The molecule has 1 aromatic rings. The molecule has 0 saturated heterocycles. The van der Waals surface area contributed by atoms with Crippen molar-refractivity contribution >= 4 is 5.97 Å². The van der Waals surface area contributed by atoms with E-state index in [0.29, 0.717) is 6.42 Å². The second-order valence-electron chi connectivity index (χ2n) is 3.98. The van der Waals surface area contributed by atoms with Gasteiger partial charge < -0.3 is 10.1 Å². The highest BCUT2D eigenvalue weighted by Crippen LogP contribution is 2.12. The molecule has 0 aromatic heterocycles. The van der Waals surface area contributed by atoms with Crippen molar-refractivity contribution in [2.45, 2.75) is 32.4 Å². The second kappa shape index (κ2) is 6.28.